The molecule has 1 aromatic heterocycles. The molecule has 7 nitrogen and oxygen atoms in total. The Kier molecular flexibility index (Phi) is 3.43. The van der Waals surface area contributed by atoms with E-state index < -0.39 is 29.1 Å². The van der Waals surface area contributed by atoms with Gasteiger partial charge in [-0.3, -0.25) is 9.59 Å². The van der Waals surface area contributed by atoms with Crippen molar-refractivity contribution in [2.45, 2.75) is 13.8 Å². The number of fused-ring (bicyclic) bond motifs is 1. The maximum Gasteiger partial charge on any atom is 0.382 e. The zero-order valence-corrected chi connectivity index (χ0v) is 10.6. The van der Waals surface area contributed by atoms with E-state index in [2.05, 4.69) is 0 Å². The zero-order valence-electron chi connectivity index (χ0n) is 10.6. The van der Waals surface area contributed by atoms with Crippen molar-refractivity contribution in [1.82, 2.24) is 0 Å². The topological polar surface area (TPSA) is 103 Å². The zero-order chi connectivity index (χ0) is 14.9. The van der Waals surface area contributed by atoms with E-state index in [1.54, 1.807) is 0 Å². The number of benzene rings is 1. The minimum absolute atomic E-state index is 0.00491. The van der Waals surface area contributed by atoms with Crippen LogP contribution in [0.5, 0.6) is 17.2 Å². The lowest BCUT2D eigenvalue weighted by Crippen LogP contribution is -2.09. The molecule has 0 radical (unpaired) electrons. The highest BCUT2D eigenvalue weighted by molar-refractivity contribution is 5.94. The molecule has 2 aromatic rings. The van der Waals surface area contributed by atoms with Gasteiger partial charge in [0.05, 0.1) is 0 Å². The third kappa shape index (κ3) is 2.46. The van der Waals surface area contributed by atoms with Crippen LogP contribution in [-0.2, 0) is 9.59 Å². The smallest absolute Gasteiger partial charge is 0.382 e. The van der Waals surface area contributed by atoms with Gasteiger partial charge >= 0.3 is 17.6 Å². The van der Waals surface area contributed by atoms with Crippen LogP contribution in [0.3, 0.4) is 0 Å². The Hall–Kier alpha value is -2.83. The van der Waals surface area contributed by atoms with Crippen LogP contribution in [0.2, 0.25) is 0 Å². The van der Waals surface area contributed by atoms with Crippen LogP contribution < -0.4 is 15.1 Å². The molecule has 20 heavy (non-hydrogen) atoms. The van der Waals surface area contributed by atoms with Crippen LogP contribution >= 0.6 is 0 Å². The lowest BCUT2D eigenvalue weighted by molar-refractivity contribution is -0.132. The molecule has 1 heterocycles. The number of rotatable bonds is 2. The number of hydrogen-bond acceptors (Lipinski definition) is 7. The minimum Gasteiger partial charge on any atom is -0.499 e. The summed E-state index contributed by atoms with van der Waals surface area (Å²) in [5, 5.41) is 9.70. The summed E-state index contributed by atoms with van der Waals surface area (Å²) in [4.78, 5) is 33.6. The molecule has 0 bridgehead atoms. The van der Waals surface area contributed by atoms with E-state index in [0.29, 0.717) is 0 Å². The van der Waals surface area contributed by atoms with E-state index in [-0.39, 0.29) is 16.7 Å². The van der Waals surface area contributed by atoms with Gasteiger partial charge < -0.3 is 19.0 Å². The second-order valence-corrected chi connectivity index (χ2v) is 3.88. The van der Waals surface area contributed by atoms with Gasteiger partial charge in [-0.2, -0.15) is 0 Å². The van der Waals surface area contributed by atoms with E-state index in [1.165, 1.54) is 25.1 Å². The number of ether oxygens (including phenoxy) is 2. The summed E-state index contributed by atoms with van der Waals surface area (Å²) in [5.74, 6) is -2.63. The molecule has 0 amide bonds. The predicted octanol–water partition coefficient (Wildman–Crippen LogP) is 1.35. The Morgan fingerprint density at radius 1 is 1.15 bits per heavy atom. The van der Waals surface area contributed by atoms with Crippen molar-refractivity contribution in [2.75, 3.05) is 0 Å². The molecule has 0 atom stereocenters. The van der Waals surface area contributed by atoms with E-state index in [4.69, 9.17) is 13.9 Å². The van der Waals surface area contributed by atoms with Crippen molar-refractivity contribution in [3.05, 3.63) is 28.6 Å². The molecular formula is C13H10O7. The first-order valence-corrected chi connectivity index (χ1v) is 5.55. The average Bonchev–Trinajstić information content (AvgIpc) is 2.33. The first kappa shape index (κ1) is 13.6. The maximum absolute atomic E-state index is 11.5. The molecule has 2 rings (SSSR count). The maximum atomic E-state index is 11.5. The summed E-state index contributed by atoms with van der Waals surface area (Å²) in [6.07, 6.45) is 0. The number of esters is 2. The van der Waals surface area contributed by atoms with Crippen molar-refractivity contribution in [3.8, 4) is 17.2 Å². The number of carbonyl (C=O) groups excluding carboxylic acids is 2. The lowest BCUT2D eigenvalue weighted by atomic mass is 10.2. The van der Waals surface area contributed by atoms with Crippen molar-refractivity contribution in [3.63, 3.8) is 0 Å². The first-order valence-electron chi connectivity index (χ1n) is 5.55. The van der Waals surface area contributed by atoms with Crippen LogP contribution in [0, 0.1) is 0 Å². The fourth-order valence-electron chi connectivity index (χ4n) is 1.66. The van der Waals surface area contributed by atoms with Crippen molar-refractivity contribution < 1.29 is 28.6 Å². The van der Waals surface area contributed by atoms with E-state index in [0.717, 1.165) is 6.92 Å². The second-order valence-electron chi connectivity index (χ2n) is 3.88. The second kappa shape index (κ2) is 5.04. The van der Waals surface area contributed by atoms with Gasteiger partial charge in [-0.1, -0.05) is 6.07 Å². The van der Waals surface area contributed by atoms with Crippen molar-refractivity contribution in [1.29, 1.82) is 0 Å². The molecule has 0 unspecified atom stereocenters. The molecule has 0 aliphatic heterocycles. The van der Waals surface area contributed by atoms with Crippen molar-refractivity contribution >= 4 is 22.9 Å². The lowest BCUT2D eigenvalue weighted by Gasteiger charge is -2.10. The van der Waals surface area contributed by atoms with Crippen LogP contribution in [0.1, 0.15) is 13.8 Å². The Morgan fingerprint density at radius 2 is 1.80 bits per heavy atom. The summed E-state index contributed by atoms with van der Waals surface area (Å²) in [5.41, 5.74) is -1.04. The third-order valence-electron chi connectivity index (χ3n) is 2.33. The highest BCUT2D eigenvalue weighted by Gasteiger charge is 2.21. The summed E-state index contributed by atoms with van der Waals surface area (Å²) in [7, 11) is 0. The van der Waals surface area contributed by atoms with Gasteiger partial charge in [-0.05, 0) is 12.1 Å². The predicted molar refractivity (Wildman–Crippen MR) is 66.8 cm³/mol. The van der Waals surface area contributed by atoms with Crippen LogP contribution in [0.4, 0.5) is 0 Å². The van der Waals surface area contributed by atoms with E-state index in [9.17, 15) is 19.5 Å². The monoisotopic (exact) mass is 278 g/mol. The van der Waals surface area contributed by atoms with Gasteiger partial charge in [-0.25, -0.2) is 4.79 Å². The van der Waals surface area contributed by atoms with Gasteiger partial charge in [0.25, 0.3) is 0 Å². The highest BCUT2D eigenvalue weighted by Crippen LogP contribution is 2.38. The molecular weight excluding hydrogens is 268 g/mol. The molecule has 0 aliphatic carbocycles. The number of hydrogen-bond donors (Lipinski definition) is 1. The Bertz CT molecular complexity index is 757. The van der Waals surface area contributed by atoms with Gasteiger partial charge in [0.2, 0.25) is 5.75 Å². The largest absolute Gasteiger partial charge is 0.499 e. The van der Waals surface area contributed by atoms with Gasteiger partial charge in [0, 0.05) is 13.8 Å². The molecule has 0 spiro atoms. The minimum atomic E-state index is -1.06. The fourth-order valence-corrected chi connectivity index (χ4v) is 1.66. The molecule has 104 valence electrons. The third-order valence-corrected chi connectivity index (χ3v) is 2.33. The van der Waals surface area contributed by atoms with Crippen molar-refractivity contribution in [2.24, 2.45) is 0 Å². The summed E-state index contributed by atoms with van der Waals surface area (Å²) < 4.78 is 14.6. The van der Waals surface area contributed by atoms with Gasteiger partial charge in [0.1, 0.15) is 16.7 Å². The Morgan fingerprint density at radius 3 is 2.40 bits per heavy atom. The SMILES string of the molecule is CC(=O)Oc1cccc2oc(=O)c(O)c(OC(C)=O)c12. The van der Waals surface area contributed by atoms with Gasteiger partial charge in [0.15, 0.2) is 5.75 Å². The molecule has 1 N–H and O–H groups in total. The average molecular weight is 278 g/mol. The molecule has 1 aromatic carbocycles. The summed E-state index contributed by atoms with van der Waals surface area (Å²) in [6, 6.07) is 4.31. The first-order chi connectivity index (χ1) is 9.40. The fraction of sp³-hybridized carbons (Fsp3) is 0.154. The molecule has 0 saturated heterocycles. The van der Waals surface area contributed by atoms with E-state index in [1.807, 2.05) is 0 Å². The highest BCUT2D eigenvalue weighted by atomic mass is 16.6. The number of carbonyl (C=O) groups is 2. The normalized spacial score (nSPS) is 10.3. The standard InChI is InChI=1S/C13H10O7/c1-6(14)18-8-4-3-5-9-10(8)12(19-7(2)15)11(16)13(17)20-9/h3-5,16H,1-2H3. The van der Waals surface area contributed by atoms with E-state index >= 15 is 0 Å². The molecule has 0 fully saturated rings. The Balaban J connectivity index is 2.83. The van der Waals surface area contributed by atoms with Crippen LogP contribution in [0.15, 0.2) is 27.4 Å². The summed E-state index contributed by atoms with van der Waals surface area (Å²) in [6.45, 7) is 2.29. The quantitative estimate of drug-likeness (QED) is 0.502. The molecule has 0 saturated carbocycles. The van der Waals surface area contributed by atoms with Crippen LogP contribution in [0.25, 0.3) is 11.0 Å². The Labute approximate surface area is 112 Å². The molecule has 0 aliphatic rings. The number of aromatic hydroxyl groups is 1. The van der Waals surface area contributed by atoms with Crippen LogP contribution in [-0.4, -0.2) is 17.0 Å². The summed E-state index contributed by atoms with van der Waals surface area (Å²) >= 11 is 0. The van der Waals surface area contributed by atoms with Gasteiger partial charge in [-0.15, -0.1) is 0 Å². The molecule has 7 heteroatoms.